The summed E-state index contributed by atoms with van der Waals surface area (Å²) in [6.45, 7) is 0. The third-order valence-corrected chi connectivity index (χ3v) is 2.90. The maximum absolute atomic E-state index is 11.4. The van der Waals surface area contributed by atoms with E-state index in [1.54, 1.807) is 6.08 Å². The summed E-state index contributed by atoms with van der Waals surface area (Å²) in [6.07, 6.45) is 11.0. The van der Waals surface area contributed by atoms with E-state index in [9.17, 15) is 4.79 Å². The topological polar surface area (TPSA) is 26.3 Å². The minimum Gasteiger partial charge on any atom is -0.503 e. The third-order valence-electron chi connectivity index (χ3n) is 2.63. The monoisotopic (exact) mass is 228 g/mol. The van der Waals surface area contributed by atoms with Crippen LogP contribution < -0.4 is 0 Å². The molecule has 1 rings (SSSR count). The van der Waals surface area contributed by atoms with Crippen molar-refractivity contribution in [3.05, 3.63) is 23.4 Å². The molecule has 0 aromatic rings. The molecular weight excluding hydrogens is 212 g/mol. The van der Waals surface area contributed by atoms with Gasteiger partial charge in [-0.05, 0) is 24.8 Å². The SMILES string of the molecule is CO/C=C(\Cl)C(=O)/C=C/C1CCCCC1. The zero-order valence-corrected chi connectivity index (χ0v) is 9.80. The van der Waals surface area contributed by atoms with Crippen LogP contribution in [0.25, 0.3) is 0 Å². The molecule has 0 bridgehead atoms. The Labute approximate surface area is 95.9 Å². The van der Waals surface area contributed by atoms with Gasteiger partial charge in [0.2, 0.25) is 0 Å². The lowest BCUT2D eigenvalue weighted by molar-refractivity contribution is -0.110. The molecule has 1 aliphatic carbocycles. The molecule has 0 saturated heterocycles. The van der Waals surface area contributed by atoms with E-state index in [0.29, 0.717) is 5.92 Å². The van der Waals surface area contributed by atoms with Crippen molar-refractivity contribution in [2.45, 2.75) is 32.1 Å². The summed E-state index contributed by atoms with van der Waals surface area (Å²) < 4.78 is 4.67. The van der Waals surface area contributed by atoms with Gasteiger partial charge in [-0.2, -0.15) is 0 Å². The fourth-order valence-electron chi connectivity index (χ4n) is 1.79. The van der Waals surface area contributed by atoms with Crippen LogP contribution in [0.2, 0.25) is 0 Å². The smallest absolute Gasteiger partial charge is 0.199 e. The van der Waals surface area contributed by atoms with Gasteiger partial charge in [-0.25, -0.2) is 0 Å². The predicted molar refractivity (Wildman–Crippen MR) is 61.7 cm³/mol. The first-order chi connectivity index (χ1) is 7.24. The van der Waals surface area contributed by atoms with E-state index in [2.05, 4.69) is 4.74 Å². The Kier molecular flexibility index (Phi) is 5.48. The van der Waals surface area contributed by atoms with Crippen molar-refractivity contribution in [1.82, 2.24) is 0 Å². The van der Waals surface area contributed by atoms with Gasteiger partial charge in [-0.3, -0.25) is 4.79 Å². The molecule has 0 N–H and O–H groups in total. The number of halogens is 1. The lowest BCUT2D eigenvalue weighted by Crippen LogP contribution is -2.04. The quantitative estimate of drug-likeness (QED) is 0.545. The molecule has 0 amide bonds. The maximum atomic E-state index is 11.4. The van der Waals surface area contributed by atoms with Crippen LogP contribution in [0.1, 0.15) is 32.1 Å². The number of rotatable bonds is 4. The first-order valence-corrected chi connectivity index (χ1v) is 5.73. The van der Waals surface area contributed by atoms with Gasteiger partial charge < -0.3 is 4.74 Å². The standard InChI is InChI=1S/C12H17ClO2/c1-15-9-11(13)12(14)8-7-10-5-3-2-4-6-10/h7-10H,2-6H2,1H3/b8-7+,11-9-. The van der Waals surface area contributed by atoms with Gasteiger partial charge in [0.1, 0.15) is 11.3 Å². The molecule has 0 radical (unpaired) electrons. The van der Waals surface area contributed by atoms with Crippen molar-refractivity contribution < 1.29 is 9.53 Å². The number of ketones is 1. The summed E-state index contributed by atoms with van der Waals surface area (Å²) in [5.41, 5.74) is 0. The summed E-state index contributed by atoms with van der Waals surface area (Å²) in [6, 6.07) is 0. The maximum Gasteiger partial charge on any atom is 0.199 e. The van der Waals surface area contributed by atoms with Crippen LogP contribution in [0.5, 0.6) is 0 Å². The minimum absolute atomic E-state index is 0.129. The molecule has 0 aromatic carbocycles. The van der Waals surface area contributed by atoms with E-state index < -0.39 is 0 Å². The fourth-order valence-corrected chi connectivity index (χ4v) is 1.94. The van der Waals surface area contributed by atoms with Gasteiger partial charge in [0.25, 0.3) is 0 Å². The molecule has 1 aliphatic rings. The van der Waals surface area contributed by atoms with Crippen LogP contribution in [0.15, 0.2) is 23.4 Å². The van der Waals surface area contributed by atoms with Crippen LogP contribution in [-0.4, -0.2) is 12.9 Å². The van der Waals surface area contributed by atoms with Crippen LogP contribution in [-0.2, 0) is 9.53 Å². The van der Waals surface area contributed by atoms with E-state index in [0.717, 1.165) is 0 Å². The molecule has 0 aromatic heterocycles. The molecular formula is C12H17ClO2. The van der Waals surface area contributed by atoms with E-state index in [1.807, 2.05) is 6.08 Å². The molecule has 1 fully saturated rings. The molecule has 2 nitrogen and oxygen atoms in total. The number of ether oxygens (including phenoxy) is 1. The van der Waals surface area contributed by atoms with Crippen LogP contribution in [0.4, 0.5) is 0 Å². The first kappa shape index (κ1) is 12.3. The number of hydrogen-bond donors (Lipinski definition) is 0. The average molecular weight is 229 g/mol. The van der Waals surface area contributed by atoms with Gasteiger partial charge in [-0.15, -0.1) is 0 Å². The van der Waals surface area contributed by atoms with Crippen molar-refractivity contribution in [1.29, 1.82) is 0 Å². The largest absolute Gasteiger partial charge is 0.503 e. The molecule has 0 unspecified atom stereocenters. The zero-order chi connectivity index (χ0) is 11.1. The number of carbonyl (C=O) groups is 1. The highest BCUT2D eigenvalue weighted by molar-refractivity contribution is 6.44. The van der Waals surface area contributed by atoms with Gasteiger partial charge in [0.05, 0.1) is 7.11 Å². The minimum atomic E-state index is -0.177. The highest BCUT2D eigenvalue weighted by Crippen LogP contribution is 2.24. The molecule has 0 aliphatic heterocycles. The summed E-state index contributed by atoms with van der Waals surface area (Å²) >= 11 is 5.68. The van der Waals surface area contributed by atoms with Crippen LogP contribution in [0.3, 0.4) is 0 Å². The van der Waals surface area contributed by atoms with Gasteiger partial charge in [0.15, 0.2) is 5.78 Å². The lowest BCUT2D eigenvalue weighted by atomic mass is 9.89. The second kappa shape index (κ2) is 6.67. The molecule has 1 saturated carbocycles. The Morgan fingerprint density at radius 3 is 2.60 bits per heavy atom. The number of hydrogen-bond acceptors (Lipinski definition) is 2. The molecule has 0 spiro atoms. The Morgan fingerprint density at radius 2 is 2.00 bits per heavy atom. The molecule has 0 atom stereocenters. The summed E-state index contributed by atoms with van der Waals surface area (Å²) in [4.78, 5) is 11.4. The van der Waals surface area contributed by atoms with Crippen LogP contribution in [0, 0.1) is 5.92 Å². The van der Waals surface area contributed by atoms with E-state index >= 15 is 0 Å². The lowest BCUT2D eigenvalue weighted by Gasteiger charge is -2.17. The highest BCUT2D eigenvalue weighted by atomic mass is 35.5. The number of methoxy groups -OCH3 is 1. The average Bonchev–Trinajstić information content (AvgIpc) is 2.27. The summed E-state index contributed by atoms with van der Waals surface area (Å²) in [5, 5.41) is 0.129. The molecule has 3 heteroatoms. The molecule has 0 heterocycles. The third kappa shape index (κ3) is 4.52. The van der Waals surface area contributed by atoms with Gasteiger partial charge in [-0.1, -0.05) is 36.9 Å². The second-order valence-electron chi connectivity index (χ2n) is 3.82. The van der Waals surface area contributed by atoms with Crippen LogP contribution >= 0.6 is 11.6 Å². The summed E-state index contributed by atoms with van der Waals surface area (Å²) in [5.74, 6) is 0.374. The van der Waals surface area contributed by atoms with Gasteiger partial charge in [0, 0.05) is 0 Å². The number of allylic oxidation sites excluding steroid dienone is 3. The van der Waals surface area contributed by atoms with Crippen molar-refractivity contribution in [3.63, 3.8) is 0 Å². The second-order valence-corrected chi connectivity index (χ2v) is 4.23. The normalized spacial score (nSPS) is 19.5. The van der Waals surface area contributed by atoms with E-state index in [4.69, 9.17) is 11.6 Å². The van der Waals surface area contributed by atoms with Crippen molar-refractivity contribution in [2.75, 3.05) is 7.11 Å². The van der Waals surface area contributed by atoms with Crippen molar-refractivity contribution in [2.24, 2.45) is 5.92 Å². The first-order valence-electron chi connectivity index (χ1n) is 5.35. The Morgan fingerprint density at radius 1 is 1.33 bits per heavy atom. The van der Waals surface area contributed by atoms with E-state index in [1.165, 1.54) is 45.5 Å². The Hall–Kier alpha value is -0.760. The fraction of sp³-hybridized carbons (Fsp3) is 0.583. The van der Waals surface area contributed by atoms with E-state index in [-0.39, 0.29) is 10.8 Å². The summed E-state index contributed by atoms with van der Waals surface area (Å²) in [7, 11) is 1.47. The highest BCUT2D eigenvalue weighted by Gasteiger charge is 2.11. The predicted octanol–water partition coefficient (Wildman–Crippen LogP) is 3.42. The van der Waals surface area contributed by atoms with Crippen molar-refractivity contribution in [3.8, 4) is 0 Å². The zero-order valence-electron chi connectivity index (χ0n) is 9.04. The van der Waals surface area contributed by atoms with Crippen molar-refractivity contribution >= 4 is 17.4 Å². The molecule has 15 heavy (non-hydrogen) atoms. The molecule has 84 valence electrons. The Balaban J connectivity index is 2.42. The van der Waals surface area contributed by atoms with Gasteiger partial charge >= 0.3 is 0 Å². The number of carbonyl (C=O) groups excluding carboxylic acids is 1. The Bertz CT molecular complexity index is 263.